The largest absolute Gasteiger partial charge is 0.386 e. The molecule has 0 bridgehead atoms. The Morgan fingerprint density at radius 2 is 2.08 bits per heavy atom. The Labute approximate surface area is 151 Å². The van der Waals surface area contributed by atoms with Gasteiger partial charge in [0.25, 0.3) is 5.91 Å². The first-order valence-corrected chi connectivity index (χ1v) is 9.15. The maximum atomic E-state index is 12.5. The van der Waals surface area contributed by atoms with Gasteiger partial charge in [-0.15, -0.1) is 0 Å². The molecule has 2 aromatic rings. The molecule has 4 rings (SSSR count). The predicted molar refractivity (Wildman–Crippen MR) is 93.9 cm³/mol. The monoisotopic (exact) mass is 357 g/mol. The number of anilines is 1. The molecule has 1 aliphatic heterocycles. The van der Waals surface area contributed by atoms with Crippen LogP contribution in [0, 0.1) is 0 Å². The van der Waals surface area contributed by atoms with E-state index in [4.69, 9.17) is 4.52 Å². The van der Waals surface area contributed by atoms with E-state index in [1.165, 1.54) is 0 Å². The molecular formula is C18H23N5O3. The van der Waals surface area contributed by atoms with Crippen LogP contribution in [-0.4, -0.2) is 51.4 Å². The molecule has 0 unspecified atom stereocenters. The number of hydrogen-bond donors (Lipinski definition) is 2. The lowest BCUT2D eigenvalue weighted by atomic mass is 9.92. The van der Waals surface area contributed by atoms with Crippen molar-refractivity contribution in [1.82, 2.24) is 20.4 Å². The number of nitrogens with zero attached hydrogens (tertiary/aromatic N) is 4. The van der Waals surface area contributed by atoms with Gasteiger partial charge in [-0.3, -0.25) is 4.79 Å². The summed E-state index contributed by atoms with van der Waals surface area (Å²) in [7, 11) is 0. The molecule has 1 fully saturated rings. The maximum absolute atomic E-state index is 12.5. The Morgan fingerprint density at radius 3 is 2.92 bits per heavy atom. The zero-order valence-corrected chi connectivity index (χ0v) is 14.6. The number of rotatable bonds is 4. The van der Waals surface area contributed by atoms with E-state index in [0.717, 1.165) is 50.0 Å². The second-order valence-electron chi connectivity index (χ2n) is 7.12. The van der Waals surface area contributed by atoms with Crippen molar-refractivity contribution < 1.29 is 14.4 Å². The Hall–Kier alpha value is -2.48. The smallest absolute Gasteiger partial charge is 0.273 e. The van der Waals surface area contributed by atoms with Gasteiger partial charge in [0, 0.05) is 37.5 Å². The predicted octanol–water partition coefficient (Wildman–Crippen LogP) is 1.10. The standard InChI is InChI=1S/C18H23N5O3/c24-16(15-13-5-1-2-6-14(13)26-22-15)21-11-18(25)7-3-10-23(12-18)17-19-8-4-9-20-17/h4,8-9,25H,1-3,5-7,10-12H2,(H,21,24)/t18-/m0/s1. The van der Waals surface area contributed by atoms with Crippen LogP contribution in [-0.2, 0) is 12.8 Å². The maximum Gasteiger partial charge on any atom is 0.273 e. The van der Waals surface area contributed by atoms with Crippen LogP contribution in [0.25, 0.3) is 0 Å². The highest BCUT2D eigenvalue weighted by atomic mass is 16.5. The molecule has 8 nitrogen and oxygen atoms in total. The van der Waals surface area contributed by atoms with Crippen LogP contribution in [0.5, 0.6) is 0 Å². The minimum Gasteiger partial charge on any atom is -0.386 e. The summed E-state index contributed by atoms with van der Waals surface area (Å²) in [6.07, 6.45) is 8.58. The molecule has 0 aromatic carbocycles. The van der Waals surface area contributed by atoms with Gasteiger partial charge in [0.05, 0.1) is 12.1 Å². The number of aryl methyl sites for hydroxylation is 1. The van der Waals surface area contributed by atoms with Crippen LogP contribution in [0.3, 0.4) is 0 Å². The second kappa shape index (κ2) is 7.03. The van der Waals surface area contributed by atoms with Crippen molar-refractivity contribution in [2.75, 3.05) is 24.5 Å². The second-order valence-corrected chi connectivity index (χ2v) is 7.12. The summed E-state index contributed by atoms with van der Waals surface area (Å²) in [5, 5.41) is 17.7. The summed E-state index contributed by atoms with van der Waals surface area (Å²) in [5.41, 5.74) is 0.266. The quantitative estimate of drug-likeness (QED) is 0.844. The highest BCUT2D eigenvalue weighted by Gasteiger charge is 2.35. The van der Waals surface area contributed by atoms with E-state index >= 15 is 0 Å². The third kappa shape index (κ3) is 3.41. The zero-order chi connectivity index (χ0) is 18.0. The van der Waals surface area contributed by atoms with Gasteiger partial charge in [-0.05, 0) is 38.2 Å². The first-order chi connectivity index (χ1) is 12.6. The average molecular weight is 357 g/mol. The number of aliphatic hydroxyl groups is 1. The fourth-order valence-corrected chi connectivity index (χ4v) is 3.77. The third-order valence-corrected chi connectivity index (χ3v) is 5.13. The van der Waals surface area contributed by atoms with E-state index in [2.05, 4.69) is 20.4 Å². The number of nitrogens with one attached hydrogen (secondary N) is 1. The molecule has 3 heterocycles. The van der Waals surface area contributed by atoms with Crippen molar-refractivity contribution in [3.63, 3.8) is 0 Å². The lowest BCUT2D eigenvalue weighted by molar-refractivity contribution is 0.0251. The Balaban J connectivity index is 1.40. The van der Waals surface area contributed by atoms with Gasteiger partial charge in [-0.2, -0.15) is 0 Å². The van der Waals surface area contributed by atoms with E-state index in [9.17, 15) is 9.90 Å². The first kappa shape index (κ1) is 17.0. The van der Waals surface area contributed by atoms with Crippen molar-refractivity contribution in [2.45, 2.75) is 44.1 Å². The van der Waals surface area contributed by atoms with Gasteiger partial charge < -0.3 is 19.8 Å². The van der Waals surface area contributed by atoms with Gasteiger partial charge >= 0.3 is 0 Å². The highest BCUT2D eigenvalue weighted by Crippen LogP contribution is 2.25. The van der Waals surface area contributed by atoms with Crippen LogP contribution in [0.2, 0.25) is 0 Å². The molecule has 1 atom stereocenters. The normalized spacial score (nSPS) is 22.7. The van der Waals surface area contributed by atoms with E-state index < -0.39 is 5.60 Å². The third-order valence-electron chi connectivity index (χ3n) is 5.13. The molecule has 0 spiro atoms. The Morgan fingerprint density at radius 1 is 1.27 bits per heavy atom. The SMILES string of the molecule is O=C(NC[C@@]1(O)CCCN(c2ncccn2)C1)c1noc2c1CCCC2. The van der Waals surface area contributed by atoms with Crippen LogP contribution in [0.4, 0.5) is 5.95 Å². The number of amides is 1. The lowest BCUT2D eigenvalue weighted by Gasteiger charge is -2.39. The summed E-state index contributed by atoms with van der Waals surface area (Å²) >= 11 is 0. The molecule has 8 heteroatoms. The van der Waals surface area contributed by atoms with Crippen LogP contribution in [0.1, 0.15) is 47.5 Å². The van der Waals surface area contributed by atoms with Crippen molar-refractivity contribution in [3.05, 3.63) is 35.5 Å². The van der Waals surface area contributed by atoms with Gasteiger partial charge in [0.2, 0.25) is 5.95 Å². The number of piperidine rings is 1. The minimum absolute atomic E-state index is 0.163. The summed E-state index contributed by atoms with van der Waals surface area (Å²) in [6, 6.07) is 1.76. The van der Waals surface area contributed by atoms with Crippen molar-refractivity contribution in [2.24, 2.45) is 0 Å². The first-order valence-electron chi connectivity index (χ1n) is 9.15. The van der Waals surface area contributed by atoms with Gasteiger partial charge in [0.15, 0.2) is 5.69 Å². The molecule has 1 aliphatic carbocycles. The molecule has 26 heavy (non-hydrogen) atoms. The molecule has 138 valence electrons. The molecule has 2 aromatic heterocycles. The Kier molecular flexibility index (Phi) is 4.58. The minimum atomic E-state index is -1.02. The highest BCUT2D eigenvalue weighted by molar-refractivity contribution is 5.93. The van der Waals surface area contributed by atoms with E-state index in [1.807, 2.05) is 4.90 Å². The number of hydrogen-bond acceptors (Lipinski definition) is 7. The summed E-state index contributed by atoms with van der Waals surface area (Å²) in [4.78, 5) is 23.0. The molecule has 0 saturated carbocycles. The summed E-state index contributed by atoms with van der Waals surface area (Å²) in [6.45, 7) is 1.34. The Bertz CT molecular complexity index is 778. The van der Waals surface area contributed by atoms with Crippen molar-refractivity contribution in [3.8, 4) is 0 Å². The fourth-order valence-electron chi connectivity index (χ4n) is 3.77. The van der Waals surface area contributed by atoms with Crippen LogP contribution < -0.4 is 10.2 Å². The number of carbonyl (C=O) groups excluding carboxylic acids is 1. The number of carbonyl (C=O) groups is 1. The molecule has 1 amide bonds. The van der Waals surface area contributed by atoms with E-state index in [1.54, 1.807) is 18.5 Å². The van der Waals surface area contributed by atoms with Crippen molar-refractivity contribution >= 4 is 11.9 Å². The van der Waals surface area contributed by atoms with Crippen molar-refractivity contribution in [1.29, 1.82) is 0 Å². The topological polar surface area (TPSA) is 104 Å². The van der Waals surface area contributed by atoms with Crippen LogP contribution >= 0.6 is 0 Å². The lowest BCUT2D eigenvalue weighted by Crippen LogP contribution is -2.54. The molecule has 2 aliphatic rings. The molecular weight excluding hydrogens is 334 g/mol. The summed E-state index contributed by atoms with van der Waals surface area (Å²) in [5.74, 6) is 1.14. The number of aromatic nitrogens is 3. The number of β-amino-alcohol motifs (C(OH)–C–C–N with tert-alkyl or cyclic N) is 1. The zero-order valence-electron chi connectivity index (χ0n) is 14.6. The van der Waals surface area contributed by atoms with Gasteiger partial charge in [-0.25, -0.2) is 9.97 Å². The van der Waals surface area contributed by atoms with E-state index in [-0.39, 0.29) is 12.5 Å². The molecule has 0 radical (unpaired) electrons. The average Bonchev–Trinajstić information content (AvgIpc) is 3.11. The molecule has 2 N–H and O–H groups in total. The van der Waals surface area contributed by atoms with E-state index in [0.29, 0.717) is 24.6 Å². The number of fused-ring (bicyclic) bond motifs is 1. The van der Waals surface area contributed by atoms with Crippen LogP contribution in [0.15, 0.2) is 23.0 Å². The van der Waals surface area contributed by atoms with Gasteiger partial charge in [0.1, 0.15) is 5.76 Å². The summed E-state index contributed by atoms with van der Waals surface area (Å²) < 4.78 is 5.30. The molecule has 1 saturated heterocycles. The fraction of sp³-hybridized carbons (Fsp3) is 0.556. The van der Waals surface area contributed by atoms with Gasteiger partial charge in [-0.1, -0.05) is 5.16 Å².